The fourth-order valence-corrected chi connectivity index (χ4v) is 3.98. The Kier molecular flexibility index (Phi) is 6.21. The Morgan fingerprint density at radius 3 is 2.30 bits per heavy atom. The third-order valence-corrected chi connectivity index (χ3v) is 5.80. The summed E-state index contributed by atoms with van der Waals surface area (Å²) in [6.07, 6.45) is 3.68. The van der Waals surface area contributed by atoms with Crippen LogP contribution < -0.4 is 0 Å². The minimum atomic E-state index is 0.0713. The van der Waals surface area contributed by atoms with E-state index in [0.29, 0.717) is 37.8 Å². The number of rotatable bonds is 5. The van der Waals surface area contributed by atoms with Crippen molar-refractivity contribution in [1.82, 2.24) is 19.4 Å². The summed E-state index contributed by atoms with van der Waals surface area (Å²) in [6.45, 7) is 8.35. The number of hydrogen-bond donors (Lipinski definition) is 0. The second-order valence-corrected chi connectivity index (χ2v) is 7.94. The van der Waals surface area contributed by atoms with Crippen molar-refractivity contribution in [3.05, 3.63) is 42.2 Å². The van der Waals surface area contributed by atoms with Crippen LogP contribution in [-0.4, -0.2) is 63.1 Å². The Bertz CT molecular complexity index is 793. The number of thioether (sulfide) groups is 1. The zero-order valence-corrected chi connectivity index (χ0v) is 16.9. The van der Waals surface area contributed by atoms with Gasteiger partial charge in [-0.15, -0.1) is 0 Å². The van der Waals surface area contributed by atoms with E-state index in [-0.39, 0.29) is 11.8 Å². The minimum absolute atomic E-state index is 0.0713. The lowest BCUT2D eigenvalue weighted by molar-refractivity contribution is -0.136. The number of imidazole rings is 1. The van der Waals surface area contributed by atoms with Crippen LogP contribution in [0.25, 0.3) is 5.69 Å². The van der Waals surface area contributed by atoms with Crippen molar-refractivity contribution in [2.75, 3.05) is 31.9 Å². The van der Waals surface area contributed by atoms with Gasteiger partial charge in [-0.05, 0) is 23.6 Å². The lowest BCUT2D eigenvalue weighted by Crippen LogP contribution is -2.50. The molecule has 1 fully saturated rings. The molecule has 2 heterocycles. The lowest BCUT2D eigenvalue weighted by Gasteiger charge is -2.34. The molecule has 1 saturated heterocycles. The topological polar surface area (TPSA) is 58.4 Å². The summed E-state index contributed by atoms with van der Waals surface area (Å²) in [6, 6.07) is 8.44. The van der Waals surface area contributed by atoms with Crippen LogP contribution in [0.2, 0.25) is 0 Å². The third kappa shape index (κ3) is 4.71. The number of nitrogens with zero attached hydrogens (tertiary/aromatic N) is 4. The van der Waals surface area contributed by atoms with E-state index in [4.69, 9.17) is 0 Å². The summed E-state index contributed by atoms with van der Waals surface area (Å²) < 4.78 is 2.01. The summed E-state index contributed by atoms with van der Waals surface area (Å²) >= 11 is 1.45. The molecule has 0 atom stereocenters. The van der Waals surface area contributed by atoms with E-state index in [2.05, 4.69) is 43.1 Å². The smallest absolute Gasteiger partial charge is 0.233 e. The number of carbonyl (C=O) groups is 2. The van der Waals surface area contributed by atoms with Gasteiger partial charge < -0.3 is 9.80 Å². The number of piperazine rings is 1. The van der Waals surface area contributed by atoms with Gasteiger partial charge in [-0.3, -0.25) is 14.2 Å². The third-order valence-electron chi connectivity index (χ3n) is 4.85. The maximum absolute atomic E-state index is 12.5. The first-order valence-corrected chi connectivity index (χ1v) is 10.2. The first-order valence-electron chi connectivity index (χ1n) is 9.25. The van der Waals surface area contributed by atoms with Crippen LogP contribution in [0, 0.1) is 0 Å². The Labute approximate surface area is 164 Å². The molecule has 3 rings (SSSR count). The van der Waals surface area contributed by atoms with E-state index in [9.17, 15) is 9.59 Å². The Morgan fingerprint density at radius 2 is 1.70 bits per heavy atom. The zero-order valence-electron chi connectivity index (χ0n) is 16.1. The van der Waals surface area contributed by atoms with Gasteiger partial charge in [0.2, 0.25) is 11.8 Å². The van der Waals surface area contributed by atoms with Crippen molar-refractivity contribution in [1.29, 1.82) is 0 Å². The fraction of sp³-hybridized carbons (Fsp3) is 0.450. The highest BCUT2D eigenvalue weighted by atomic mass is 32.2. The summed E-state index contributed by atoms with van der Waals surface area (Å²) in [4.78, 5) is 31.9. The molecule has 1 aliphatic heterocycles. The van der Waals surface area contributed by atoms with Crippen molar-refractivity contribution in [2.45, 2.75) is 31.8 Å². The van der Waals surface area contributed by atoms with Crippen molar-refractivity contribution < 1.29 is 9.59 Å². The highest BCUT2D eigenvalue weighted by Gasteiger charge is 2.22. The van der Waals surface area contributed by atoms with Gasteiger partial charge >= 0.3 is 0 Å². The molecule has 1 aromatic heterocycles. The van der Waals surface area contributed by atoms with Gasteiger partial charge in [0.25, 0.3) is 0 Å². The van der Waals surface area contributed by atoms with Crippen LogP contribution in [0.3, 0.4) is 0 Å². The molecular weight excluding hydrogens is 360 g/mol. The van der Waals surface area contributed by atoms with Gasteiger partial charge in [0, 0.05) is 51.2 Å². The predicted molar refractivity (Wildman–Crippen MR) is 107 cm³/mol. The quantitative estimate of drug-likeness (QED) is 0.742. The Morgan fingerprint density at radius 1 is 1.07 bits per heavy atom. The zero-order chi connectivity index (χ0) is 19.4. The largest absolute Gasteiger partial charge is 0.339 e. The molecule has 0 N–H and O–H groups in total. The Balaban J connectivity index is 1.59. The summed E-state index contributed by atoms with van der Waals surface area (Å²) in [7, 11) is 0. The maximum atomic E-state index is 12.5. The number of aromatic nitrogens is 2. The van der Waals surface area contributed by atoms with Gasteiger partial charge in [0.05, 0.1) is 5.75 Å². The molecule has 6 nitrogen and oxygen atoms in total. The van der Waals surface area contributed by atoms with Crippen LogP contribution in [0.5, 0.6) is 0 Å². The van der Waals surface area contributed by atoms with E-state index in [0.717, 1.165) is 10.8 Å². The van der Waals surface area contributed by atoms with Gasteiger partial charge in [0.1, 0.15) is 0 Å². The van der Waals surface area contributed by atoms with Crippen molar-refractivity contribution >= 4 is 23.6 Å². The summed E-state index contributed by atoms with van der Waals surface area (Å²) in [5.74, 6) is 1.01. The molecular formula is C20H26N4O2S. The molecule has 0 saturated carbocycles. The van der Waals surface area contributed by atoms with E-state index in [1.54, 1.807) is 18.0 Å². The van der Waals surface area contributed by atoms with Gasteiger partial charge in [0.15, 0.2) is 5.16 Å². The van der Waals surface area contributed by atoms with E-state index >= 15 is 0 Å². The second-order valence-electron chi connectivity index (χ2n) is 7.00. The molecule has 2 amide bonds. The highest BCUT2D eigenvalue weighted by Crippen LogP contribution is 2.23. The van der Waals surface area contributed by atoms with Crippen LogP contribution in [0.1, 0.15) is 32.3 Å². The van der Waals surface area contributed by atoms with E-state index in [1.165, 1.54) is 17.3 Å². The molecule has 27 heavy (non-hydrogen) atoms. The second kappa shape index (κ2) is 8.61. The molecule has 1 aliphatic rings. The van der Waals surface area contributed by atoms with E-state index in [1.807, 2.05) is 15.7 Å². The van der Waals surface area contributed by atoms with Crippen molar-refractivity contribution in [2.24, 2.45) is 0 Å². The number of hydrogen-bond acceptors (Lipinski definition) is 4. The maximum Gasteiger partial charge on any atom is 0.233 e. The number of amides is 2. The molecule has 0 aliphatic carbocycles. The van der Waals surface area contributed by atoms with Crippen LogP contribution in [0.15, 0.2) is 41.8 Å². The summed E-state index contributed by atoms with van der Waals surface area (Å²) in [5.41, 5.74) is 2.34. The van der Waals surface area contributed by atoms with Gasteiger partial charge in [-0.2, -0.15) is 0 Å². The molecule has 7 heteroatoms. The standard InChI is InChI=1S/C20H26N4O2S/c1-15(2)17-4-6-18(7-5-17)24-9-8-21-20(24)27-14-19(26)23-12-10-22(11-13-23)16(3)25/h4-9,15H,10-14H2,1-3H3. The van der Waals surface area contributed by atoms with Crippen LogP contribution in [0.4, 0.5) is 0 Å². The lowest BCUT2D eigenvalue weighted by atomic mass is 10.0. The molecule has 144 valence electrons. The van der Waals surface area contributed by atoms with Crippen LogP contribution in [-0.2, 0) is 9.59 Å². The SMILES string of the molecule is CC(=O)N1CCN(C(=O)CSc2nccn2-c2ccc(C(C)C)cc2)CC1. The van der Waals surface area contributed by atoms with Crippen molar-refractivity contribution in [3.8, 4) is 5.69 Å². The fourth-order valence-electron chi connectivity index (χ4n) is 3.10. The van der Waals surface area contributed by atoms with E-state index < -0.39 is 0 Å². The molecule has 1 aromatic carbocycles. The first kappa shape index (κ1) is 19.5. The first-order chi connectivity index (χ1) is 13.0. The molecule has 0 spiro atoms. The molecule has 2 aromatic rings. The average Bonchev–Trinajstić information content (AvgIpc) is 3.14. The number of carbonyl (C=O) groups excluding carboxylic acids is 2. The highest BCUT2D eigenvalue weighted by molar-refractivity contribution is 7.99. The molecule has 0 unspecified atom stereocenters. The van der Waals surface area contributed by atoms with Gasteiger partial charge in [-0.25, -0.2) is 4.98 Å². The molecule has 0 radical (unpaired) electrons. The van der Waals surface area contributed by atoms with Crippen molar-refractivity contribution in [3.63, 3.8) is 0 Å². The van der Waals surface area contributed by atoms with Crippen LogP contribution >= 0.6 is 11.8 Å². The van der Waals surface area contributed by atoms with Gasteiger partial charge in [-0.1, -0.05) is 37.7 Å². The molecule has 0 bridgehead atoms. The normalized spacial score (nSPS) is 14.7. The minimum Gasteiger partial charge on any atom is -0.339 e. The monoisotopic (exact) mass is 386 g/mol. The number of benzene rings is 1. The predicted octanol–water partition coefficient (Wildman–Crippen LogP) is 2.78. The average molecular weight is 387 g/mol. The summed E-state index contributed by atoms with van der Waals surface area (Å²) in [5, 5.41) is 0.808. The Hall–Kier alpha value is -2.28.